The fourth-order valence-electron chi connectivity index (χ4n) is 1.24. The van der Waals surface area contributed by atoms with Crippen LogP contribution >= 0.6 is 0 Å². The minimum Gasteiger partial charge on any atom is -0.482 e. The van der Waals surface area contributed by atoms with Crippen LogP contribution in [0.4, 0.5) is 11.7 Å². The normalized spacial score (nSPS) is 10.2. The standard InChI is InChI=1S/C11H14N4O2/c1-15(2)11-14-13-10(17-11)7-16-9-6-4-3-5-8(9)12/h3-6H,7,12H2,1-2H3. The molecule has 6 nitrogen and oxygen atoms in total. The van der Waals surface area contributed by atoms with Crippen LogP contribution < -0.4 is 15.4 Å². The predicted octanol–water partition coefficient (Wildman–Crippen LogP) is 1.30. The number of ether oxygens (including phenoxy) is 1. The van der Waals surface area contributed by atoms with E-state index in [0.717, 1.165) is 0 Å². The Labute approximate surface area is 99.0 Å². The molecule has 2 aromatic rings. The van der Waals surface area contributed by atoms with Gasteiger partial charge in [0.15, 0.2) is 6.61 Å². The largest absolute Gasteiger partial charge is 0.482 e. The molecule has 0 aliphatic rings. The number of anilines is 2. The summed E-state index contributed by atoms with van der Waals surface area (Å²) in [5.74, 6) is 1.02. The van der Waals surface area contributed by atoms with Gasteiger partial charge >= 0.3 is 6.01 Å². The Balaban J connectivity index is 2.00. The summed E-state index contributed by atoms with van der Waals surface area (Å²) >= 11 is 0. The minimum atomic E-state index is 0.203. The molecule has 90 valence electrons. The number of para-hydroxylation sites is 2. The van der Waals surface area contributed by atoms with E-state index in [1.807, 2.05) is 26.2 Å². The summed E-state index contributed by atoms with van der Waals surface area (Å²) in [6, 6.07) is 7.71. The Morgan fingerprint density at radius 1 is 1.29 bits per heavy atom. The van der Waals surface area contributed by atoms with Gasteiger partial charge in [-0.1, -0.05) is 17.2 Å². The Morgan fingerprint density at radius 2 is 2.06 bits per heavy atom. The zero-order valence-electron chi connectivity index (χ0n) is 9.75. The van der Waals surface area contributed by atoms with Crippen LogP contribution in [0.3, 0.4) is 0 Å². The van der Waals surface area contributed by atoms with E-state index >= 15 is 0 Å². The van der Waals surface area contributed by atoms with Gasteiger partial charge in [0, 0.05) is 14.1 Å². The van der Waals surface area contributed by atoms with Crippen molar-refractivity contribution < 1.29 is 9.15 Å². The van der Waals surface area contributed by atoms with Gasteiger partial charge in [0.1, 0.15) is 5.75 Å². The van der Waals surface area contributed by atoms with Crippen molar-refractivity contribution in [1.29, 1.82) is 0 Å². The quantitative estimate of drug-likeness (QED) is 0.803. The van der Waals surface area contributed by atoms with Crippen LogP contribution in [0, 0.1) is 0 Å². The molecular weight excluding hydrogens is 220 g/mol. The van der Waals surface area contributed by atoms with Gasteiger partial charge < -0.3 is 19.8 Å². The average Bonchev–Trinajstić information content (AvgIpc) is 2.77. The van der Waals surface area contributed by atoms with Gasteiger partial charge in [0.25, 0.3) is 5.89 Å². The first-order chi connectivity index (χ1) is 8.16. The van der Waals surface area contributed by atoms with Crippen LogP contribution in [-0.4, -0.2) is 24.3 Å². The van der Waals surface area contributed by atoms with E-state index in [2.05, 4.69) is 10.2 Å². The molecule has 0 spiro atoms. The fourth-order valence-corrected chi connectivity index (χ4v) is 1.24. The van der Waals surface area contributed by atoms with Crippen molar-refractivity contribution in [3.05, 3.63) is 30.2 Å². The zero-order chi connectivity index (χ0) is 12.3. The van der Waals surface area contributed by atoms with Gasteiger partial charge in [-0.15, -0.1) is 5.10 Å². The van der Waals surface area contributed by atoms with Crippen molar-refractivity contribution in [2.24, 2.45) is 0 Å². The number of nitrogens with two attached hydrogens (primary N) is 1. The Bertz CT molecular complexity index is 496. The van der Waals surface area contributed by atoms with Gasteiger partial charge in [-0.25, -0.2) is 0 Å². The maximum atomic E-state index is 5.74. The Morgan fingerprint density at radius 3 is 2.71 bits per heavy atom. The Hall–Kier alpha value is -2.24. The van der Waals surface area contributed by atoms with Gasteiger partial charge in [-0.3, -0.25) is 0 Å². The molecule has 0 aliphatic heterocycles. The molecule has 0 atom stereocenters. The molecule has 0 saturated carbocycles. The second kappa shape index (κ2) is 4.73. The average molecular weight is 234 g/mol. The lowest BCUT2D eigenvalue weighted by molar-refractivity contribution is 0.265. The first-order valence-corrected chi connectivity index (χ1v) is 5.14. The van der Waals surface area contributed by atoms with Crippen LogP contribution in [0.5, 0.6) is 5.75 Å². The fraction of sp³-hybridized carbons (Fsp3) is 0.273. The van der Waals surface area contributed by atoms with Crippen molar-refractivity contribution in [2.75, 3.05) is 24.7 Å². The molecular formula is C11H14N4O2. The molecule has 0 radical (unpaired) electrons. The smallest absolute Gasteiger partial charge is 0.317 e. The predicted molar refractivity (Wildman–Crippen MR) is 63.8 cm³/mol. The molecule has 2 N–H and O–H groups in total. The minimum absolute atomic E-state index is 0.203. The molecule has 0 bridgehead atoms. The molecule has 6 heteroatoms. The van der Waals surface area contributed by atoms with E-state index in [4.69, 9.17) is 14.9 Å². The van der Waals surface area contributed by atoms with E-state index in [9.17, 15) is 0 Å². The van der Waals surface area contributed by atoms with Crippen molar-refractivity contribution in [2.45, 2.75) is 6.61 Å². The molecule has 0 aliphatic carbocycles. The lowest BCUT2D eigenvalue weighted by atomic mass is 10.3. The number of rotatable bonds is 4. The summed E-state index contributed by atoms with van der Waals surface area (Å²) in [6.07, 6.45) is 0. The molecule has 0 unspecified atom stereocenters. The first-order valence-electron chi connectivity index (χ1n) is 5.14. The molecule has 1 aromatic carbocycles. The molecule has 1 aromatic heterocycles. The lowest BCUT2D eigenvalue weighted by Gasteiger charge is -2.06. The summed E-state index contributed by atoms with van der Waals surface area (Å²) in [7, 11) is 3.65. The number of hydrogen-bond donors (Lipinski definition) is 1. The highest BCUT2D eigenvalue weighted by atomic mass is 16.5. The van der Waals surface area contributed by atoms with E-state index in [1.165, 1.54) is 0 Å². The monoisotopic (exact) mass is 234 g/mol. The molecule has 17 heavy (non-hydrogen) atoms. The number of nitrogens with zero attached hydrogens (tertiary/aromatic N) is 3. The Kier molecular flexibility index (Phi) is 3.13. The van der Waals surface area contributed by atoms with Crippen LogP contribution in [0.1, 0.15) is 5.89 Å². The topological polar surface area (TPSA) is 77.4 Å². The molecule has 0 saturated heterocycles. The molecule has 0 amide bonds. The van der Waals surface area contributed by atoms with Gasteiger partial charge in [-0.05, 0) is 12.1 Å². The number of hydrogen-bond acceptors (Lipinski definition) is 6. The van der Waals surface area contributed by atoms with Crippen molar-refractivity contribution in [1.82, 2.24) is 10.2 Å². The molecule has 2 rings (SSSR count). The van der Waals surface area contributed by atoms with Gasteiger partial charge in [0.2, 0.25) is 0 Å². The summed E-state index contributed by atoms with van der Waals surface area (Å²) in [5, 5.41) is 7.71. The van der Waals surface area contributed by atoms with Crippen LogP contribution in [0.15, 0.2) is 28.7 Å². The highest BCUT2D eigenvalue weighted by Crippen LogP contribution is 2.21. The first kappa shape index (κ1) is 11.3. The third-order valence-corrected chi connectivity index (χ3v) is 2.11. The molecule has 1 heterocycles. The SMILES string of the molecule is CN(C)c1nnc(COc2ccccc2N)o1. The number of nitrogen functional groups attached to an aromatic ring is 1. The summed E-state index contributed by atoms with van der Waals surface area (Å²) in [4.78, 5) is 1.73. The second-order valence-electron chi connectivity index (χ2n) is 3.70. The lowest BCUT2D eigenvalue weighted by Crippen LogP contribution is -2.08. The van der Waals surface area contributed by atoms with Crippen molar-refractivity contribution in [3.8, 4) is 5.75 Å². The number of aromatic nitrogens is 2. The maximum Gasteiger partial charge on any atom is 0.317 e. The maximum absolute atomic E-state index is 5.74. The van der Waals surface area contributed by atoms with E-state index in [-0.39, 0.29) is 6.61 Å². The summed E-state index contributed by atoms with van der Waals surface area (Å²) in [6.45, 7) is 0.203. The van der Waals surface area contributed by atoms with E-state index in [1.54, 1.807) is 17.0 Å². The summed E-state index contributed by atoms with van der Waals surface area (Å²) in [5.41, 5.74) is 6.32. The van der Waals surface area contributed by atoms with Crippen LogP contribution in [0.2, 0.25) is 0 Å². The van der Waals surface area contributed by atoms with Crippen molar-refractivity contribution >= 4 is 11.7 Å². The molecule has 0 fully saturated rings. The summed E-state index contributed by atoms with van der Waals surface area (Å²) < 4.78 is 10.8. The van der Waals surface area contributed by atoms with Crippen molar-refractivity contribution in [3.63, 3.8) is 0 Å². The van der Waals surface area contributed by atoms with Crippen LogP contribution in [-0.2, 0) is 6.61 Å². The van der Waals surface area contributed by atoms with Gasteiger partial charge in [0.05, 0.1) is 5.69 Å². The second-order valence-corrected chi connectivity index (χ2v) is 3.70. The zero-order valence-corrected chi connectivity index (χ0v) is 9.75. The van der Waals surface area contributed by atoms with Crippen LogP contribution in [0.25, 0.3) is 0 Å². The third-order valence-electron chi connectivity index (χ3n) is 2.11. The van der Waals surface area contributed by atoms with E-state index < -0.39 is 0 Å². The highest BCUT2D eigenvalue weighted by molar-refractivity contribution is 5.51. The highest BCUT2D eigenvalue weighted by Gasteiger charge is 2.08. The number of benzene rings is 1. The van der Waals surface area contributed by atoms with E-state index in [0.29, 0.717) is 23.3 Å². The van der Waals surface area contributed by atoms with Gasteiger partial charge in [-0.2, -0.15) is 0 Å². The third kappa shape index (κ3) is 2.66.